The Hall–Kier alpha value is -1.84. The standard InChI is InChI=1S/C27H36FO4P/c1-3-33(29,30)18-26(21-11-12-21)22-5-4-6-24(15-22)32-17-19-7-9-20(10-8-19)25-16-23(31-2)13-14-27(25)28/h4-6,13-16,19-21,26H,3,7-12,17-18H2,1-2H3,(H,29,30)/t19?,20?,26-/m0/s1. The molecule has 2 fully saturated rings. The molecule has 0 amide bonds. The van der Waals surface area contributed by atoms with E-state index in [-0.39, 0.29) is 17.7 Å². The minimum absolute atomic E-state index is 0.137. The molecule has 0 radical (unpaired) electrons. The Kier molecular flexibility index (Phi) is 7.81. The predicted molar refractivity (Wildman–Crippen MR) is 130 cm³/mol. The fourth-order valence-corrected chi connectivity index (χ4v) is 6.49. The first-order valence-electron chi connectivity index (χ1n) is 12.3. The highest BCUT2D eigenvalue weighted by Gasteiger charge is 2.36. The molecular weight excluding hydrogens is 438 g/mol. The van der Waals surface area contributed by atoms with Crippen molar-refractivity contribution in [1.29, 1.82) is 0 Å². The molecule has 1 unspecified atom stereocenters. The van der Waals surface area contributed by atoms with E-state index in [0.29, 0.717) is 36.5 Å². The van der Waals surface area contributed by atoms with E-state index in [9.17, 15) is 13.8 Å². The SMILES string of the molecule is CCP(=O)(O)C[C@H](c1cccc(OCC2CCC(c3cc(OC)ccc3F)CC2)c1)C1CC1. The Morgan fingerprint density at radius 2 is 1.82 bits per heavy atom. The normalized spacial score (nSPS) is 23.5. The first kappa shape index (κ1) is 24.3. The van der Waals surface area contributed by atoms with Gasteiger partial charge in [0.15, 0.2) is 0 Å². The summed E-state index contributed by atoms with van der Waals surface area (Å²) in [4.78, 5) is 10.2. The molecule has 33 heavy (non-hydrogen) atoms. The molecule has 2 aliphatic rings. The smallest absolute Gasteiger partial charge is 0.200 e. The first-order valence-corrected chi connectivity index (χ1v) is 14.3. The zero-order valence-corrected chi connectivity index (χ0v) is 20.6. The van der Waals surface area contributed by atoms with E-state index >= 15 is 0 Å². The van der Waals surface area contributed by atoms with E-state index in [1.807, 2.05) is 18.2 Å². The highest BCUT2D eigenvalue weighted by Crippen LogP contribution is 2.52. The summed E-state index contributed by atoms with van der Waals surface area (Å²) in [5.74, 6) is 2.73. The second-order valence-corrected chi connectivity index (χ2v) is 12.5. The van der Waals surface area contributed by atoms with Gasteiger partial charge in [0.05, 0.1) is 13.7 Å². The molecule has 0 bridgehead atoms. The number of methoxy groups -OCH3 is 1. The quantitative estimate of drug-likeness (QED) is 0.378. The van der Waals surface area contributed by atoms with Gasteiger partial charge in [0, 0.05) is 12.3 Å². The van der Waals surface area contributed by atoms with Gasteiger partial charge in [-0.2, -0.15) is 0 Å². The van der Waals surface area contributed by atoms with Gasteiger partial charge >= 0.3 is 0 Å². The van der Waals surface area contributed by atoms with Gasteiger partial charge in [-0.1, -0.05) is 19.1 Å². The maximum Gasteiger partial charge on any atom is 0.200 e. The molecule has 180 valence electrons. The van der Waals surface area contributed by atoms with E-state index in [0.717, 1.165) is 55.4 Å². The van der Waals surface area contributed by atoms with Crippen molar-refractivity contribution in [3.63, 3.8) is 0 Å². The Labute approximate surface area is 197 Å². The average molecular weight is 475 g/mol. The fraction of sp³-hybridized carbons (Fsp3) is 0.556. The molecule has 0 aliphatic heterocycles. The summed E-state index contributed by atoms with van der Waals surface area (Å²) in [6.45, 7) is 2.44. The van der Waals surface area contributed by atoms with Crippen LogP contribution >= 0.6 is 7.37 Å². The minimum Gasteiger partial charge on any atom is -0.497 e. The van der Waals surface area contributed by atoms with Crippen molar-refractivity contribution in [2.45, 2.75) is 57.3 Å². The molecule has 4 nitrogen and oxygen atoms in total. The van der Waals surface area contributed by atoms with Crippen molar-refractivity contribution in [1.82, 2.24) is 0 Å². The molecule has 2 aliphatic carbocycles. The van der Waals surface area contributed by atoms with E-state index < -0.39 is 7.37 Å². The van der Waals surface area contributed by atoms with Crippen LogP contribution in [-0.2, 0) is 4.57 Å². The number of hydrogen-bond donors (Lipinski definition) is 1. The van der Waals surface area contributed by atoms with E-state index in [2.05, 4.69) is 12.1 Å². The van der Waals surface area contributed by atoms with Gasteiger partial charge < -0.3 is 14.4 Å². The van der Waals surface area contributed by atoms with Crippen LogP contribution in [0.1, 0.15) is 68.4 Å². The van der Waals surface area contributed by atoms with Gasteiger partial charge in [-0.25, -0.2) is 4.39 Å². The zero-order valence-electron chi connectivity index (χ0n) is 19.7. The lowest BCUT2D eigenvalue weighted by Crippen LogP contribution is -2.20. The summed E-state index contributed by atoms with van der Waals surface area (Å²) < 4.78 is 38.2. The Morgan fingerprint density at radius 3 is 2.48 bits per heavy atom. The average Bonchev–Trinajstić information content (AvgIpc) is 3.68. The van der Waals surface area contributed by atoms with Crippen LogP contribution in [0.25, 0.3) is 0 Å². The molecule has 2 atom stereocenters. The van der Waals surface area contributed by atoms with Gasteiger partial charge in [-0.05, 0) is 104 Å². The molecule has 0 heterocycles. The van der Waals surface area contributed by atoms with E-state index in [4.69, 9.17) is 9.47 Å². The first-order chi connectivity index (χ1) is 15.9. The van der Waals surface area contributed by atoms with Crippen molar-refractivity contribution in [3.8, 4) is 11.5 Å². The van der Waals surface area contributed by atoms with E-state index in [1.54, 1.807) is 20.1 Å². The number of rotatable bonds is 10. The summed E-state index contributed by atoms with van der Waals surface area (Å²) in [5, 5.41) is 0. The molecule has 6 heteroatoms. The second-order valence-electron chi connectivity index (χ2n) is 9.78. The largest absolute Gasteiger partial charge is 0.497 e. The van der Waals surface area contributed by atoms with Crippen LogP contribution in [0.4, 0.5) is 4.39 Å². The van der Waals surface area contributed by atoms with Crippen molar-refractivity contribution in [2.24, 2.45) is 11.8 Å². The minimum atomic E-state index is -3.08. The molecule has 0 aromatic heterocycles. The van der Waals surface area contributed by atoms with Gasteiger partial charge in [0.1, 0.15) is 17.3 Å². The van der Waals surface area contributed by atoms with Crippen LogP contribution in [0.3, 0.4) is 0 Å². The molecular formula is C27H36FO4P. The maximum atomic E-state index is 14.3. The number of benzene rings is 2. The Bertz CT molecular complexity index is 982. The summed E-state index contributed by atoms with van der Waals surface area (Å²) in [6.07, 6.45) is 6.88. The summed E-state index contributed by atoms with van der Waals surface area (Å²) >= 11 is 0. The monoisotopic (exact) mass is 474 g/mol. The van der Waals surface area contributed by atoms with Crippen LogP contribution in [0.15, 0.2) is 42.5 Å². The third kappa shape index (κ3) is 6.39. The molecule has 1 N–H and O–H groups in total. The van der Waals surface area contributed by atoms with Crippen molar-refractivity contribution >= 4 is 7.37 Å². The summed E-state index contributed by atoms with van der Waals surface area (Å²) in [7, 11) is -1.47. The van der Waals surface area contributed by atoms with E-state index in [1.165, 1.54) is 6.07 Å². The highest BCUT2D eigenvalue weighted by atomic mass is 31.2. The zero-order chi connectivity index (χ0) is 23.4. The van der Waals surface area contributed by atoms with Crippen molar-refractivity contribution in [2.75, 3.05) is 26.0 Å². The van der Waals surface area contributed by atoms with Crippen LogP contribution < -0.4 is 9.47 Å². The number of halogens is 1. The molecule has 2 aromatic rings. The van der Waals surface area contributed by atoms with Gasteiger partial charge in [0.2, 0.25) is 7.37 Å². The molecule has 0 saturated heterocycles. The lowest BCUT2D eigenvalue weighted by Gasteiger charge is -2.29. The summed E-state index contributed by atoms with van der Waals surface area (Å²) in [6, 6.07) is 13.1. The lowest BCUT2D eigenvalue weighted by molar-refractivity contribution is 0.199. The highest BCUT2D eigenvalue weighted by molar-refractivity contribution is 7.58. The molecule has 4 rings (SSSR count). The van der Waals surface area contributed by atoms with Crippen LogP contribution in [0, 0.1) is 17.7 Å². The third-order valence-corrected chi connectivity index (χ3v) is 9.38. The van der Waals surface area contributed by atoms with Gasteiger partial charge in [-0.15, -0.1) is 0 Å². The van der Waals surface area contributed by atoms with Crippen molar-refractivity contribution < 1.29 is 23.3 Å². The molecule has 2 saturated carbocycles. The van der Waals surface area contributed by atoms with Crippen LogP contribution in [-0.4, -0.2) is 30.9 Å². The lowest BCUT2D eigenvalue weighted by atomic mass is 9.79. The fourth-order valence-electron chi connectivity index (χ4n) is 5.11. The van der Waals surface area contributed by atoms with Gasteiger partial charge in [-0.3, -0.25) is 4.57 Å². The summed E-state index contributed by atoms with van der Waals surface area (Å²) in [5.41, 5.74) is 1.88. The maximum absolute atomic E-state index is 14.3. The number of ether oxygens (including phenoxy) is 2. The number of hydrogen-bond acceptors (Lipinski definition) is 3. The van der Waals surface area contributed by atoms with Gasteiger partial charge in [0.25, 0.3) is 0 Å². The third-order valence-electron chi connectivity index (χ3n) is 7.43. The van der Waals surface area contributed by atoms with Crippen molar-refractivity contribution in [3.05, 3.63) is 59.4 Å². The molecule has 2 aromatic carbocycles. The Morgan fingerprint density at radius 1 is 1.06 bits per heavy atom. The van der Waals surface area contributed by atoms with Crippen LogP contribution in [0.2, 0.25) is 0 Å². The predicted octanol–water partition coefficient (Wildman–Crippen LogP) is 6.97. The topological polar surface area (TPSA) is 55.8 Å². The molecule has 0 spiro atoms. The Balaban J connectivity index is 1.33. The second kappa shape index (κ2) is 10.6. The van der Waals surface area contributed by atoms with Crippen LogP contribution in [0.5, 0.6) is 11.5 Å².